The van der Waals surface area contributed by atoms with Gasteiger partial charge in [-0.15, -0.1) is 0 Å². The van der Waals surface area contributed by atoms with Gasteiger partial charge in [-0.2, -0.15) is 0 Å². The summed E-state index contributed by atoms with van der Waals surface area (Å²) in [6, 6.07) is 4.61. The molecule has 0 aliphatic carbocycles. The highest BCUT2D eigenvalue weighted by atomic mass is 19.1. The molecule has 104 valence electrons. The average Bonchev–Trinajstić information content (AvgIpc) is 2.74. The lowest BCUT2D eigenvalue weighted by molar-refractivity contribution is -0.129. The summed E-state index contributed by atoms with van der Waals surface area (Å²) in [6.45, 7) is 4.48. The van der Waals surface area contributed by atoms with Gasteiger partial charge in [-0.25, -0.2) is 4.39 Å². The van der Waals surface area contributed by atoms with Crippen molar-refractivity contribution >= 4 is 5.91 Å². The molecule has 2 unspecified atom stereocenters. The fraction of sp³-hybridized carbons (Fsp3) is 0.500. The van der Waals surface area contributed by atoms with E-state index in [1.165, 1.54) is 13.2 Å². The number of nitrogens with one attached hydrogen (secondary N) is 1. The quantitative estimate of drug-likeness (QED) is 0.907. The molecule has 5 heteroatoms. The number of halogens is 1. The number of likely N-dealkylation sites (N-methyl/N-ethyl adjacent to an activating group) is 1. The van der Waals surface area contributed by atoms with Crippen molar-refractivity contribution in [3.8, 4) is 5.75 Å². The van der Waals surface area contributed by atoms with Crippen LogP contribution >= 0.6 is 0 Å². The van der Waals surface area contributed by atoms with Crippen LogP contribution in [-0.4, -0.2) is 30.5 Å². The predicted molar refractivity (Wildman–Crippen MR) is 70.3 cm³/mol. The van der Waals surface area contributed by atoms with Crippen LogP contribution in [0.2, 0.25) is 0 Å². The number of carbonyl (C=O) groups excluding carboxylic acids is 1. The zero-order chi connectivity index (χ0) is 14.0. The number of hydrogen-bond donors (Lipinski definition) is 1. The molecule has 1 N–H and O–H groups in total. The first-order valence-electron chi connectivity index (χ1n) is 6.52. The molecule has 19 heavy (non-hydrogen) atoms. The zero-order valence-corrected chi connectivity index (χ0v) is 11.4. The monoisotopic (exact) mass is 266 g/mol. The molecule has 1 aliphatic rings. The SMILES string of the molecule is CCC1NC(c2ccc(OC)c(F)c2)N(CC)C1=O. The minimum absolute atomic E-state index is 0.0752. The first-order chi connectivity index (χ1) is 9.12. The second-order valence-corrected chi connectivity index (χ2v) is 4.55. The number of ether oxygens (including phenoxy) is 1. The van der Waals surface area contributed by atoms with Gasteiger partial charge < -0.3 is 9.64 Å². The summed E-state index contributed by atoms with van der Waals surface area (Å²) in [7, 11) is 1.43. The minimum atomic E-state index is -0.412. The molecule has 4 nitrogen and oxygen atoms in total. The van der Waals surface area contributed by atoms with Gasteiger partial charge in [0, 0.05) is 6.54 Å². The first kappa shape index (κ1) is 13.8. The van der Waals surface area contributed by atoms with Crippen molar-refractivity contribution in [2.75, 3.05) is 13.7 Å². The molecule has 0 aromatic heterocycles. The van der Waals surface area contributed by atoms with Crippen LogP contribution in [0.4, 0.5) is 4.39 Å². The van der Waals surface area contributed by atoms with Crippen molar-refractivity contribution in [1.82, 2.24) is 10.2 Å². The van der Waals surface area contributed by atoms with Gasteiger partial charge in [0.05, 0.1) is 13.2 Å². The second-order valence-electron chi connectivity index (χ2n) is 4.55. The van der Waals surface area contributed by atoms with Crippen molar-refractivity contribution < 1.29 is 13.9 Å². The lowest BCUT2D eigenvalue weighted by Gasteiger charge is -2.23. The molecule has 1 saturated heterocycles. The van der Waals surface area contributed by atoms with Crippen molar-refractivity contribution in [3.05, 3.63) is 29.6 Å². The molecular formula is C14H19FN2O2. The Morgan fingerprint density at radius 1 is 1.42 bits per heavy atom. The Balaban J connectivity index is 2.30. The molecule has 1 fully saturated rings. The number of hydrogen-bond acceptors (Lipinski definition) is 3. The minimum Gasteiger partial charge on any atom is -0.494 e. The van der Waals surface area contributed by atoms with Crippen LogP contribution in [0.5, 0.6) is 5.75 Å². The van der Waals surface area contributed by atoms with Crippen molar-refractivity contribution in [2.24, 2.45) is 0 Å². The number of benzene rings is 1. The van der Waals surface area contributed by atoms with Crippen molar-refractivity contribution in [2.45, 2.75) is 32.5 Å². The van der Waals surface area contributed by atoms with Crippen molar-refractivity contribution in [3.63, 3.8) is 0 Å². The van der Waals surface area contributed by atoms with E-state index in [1.54, 1.807) is 17.0 Å². The second kappa shape index (κ2) is 5.57. The maximum absolute atomic E-state index is 13.8. The Morgan fingerprint density at radius 3 is 2.68 bits per heavy atom. The molecule has 1 aromatic carbocycles. The van der Waals surface area contributed by atoms with Crippen LogP contribution < -0.4 is 10.1 Å². The topological polar surface area (TPSA) is 41.6 Å². The average molecular weight is 266 g/mol. The summed E-state index contributed by atoms with van der Waals surface area (Å²) in [6.07, 6.45) is 0.465. The van der Waals surface area contributed by atoms with Gasteiger partial charge in [0.25, 0.3) is 0 Å². The number of nitrogens with zero attached hydrogens (tertiary/aromatic N) is 1. The van der Waals surface area contributed by atoms with Crippen molar-refractivity contribution in [1.29, 1.82) is 0 Å². The largest absolute Gasteiger partial charge is 0.494 e. The number of rotatable bonds is 4. The molecule has 0 radical (unpaired) electrons. The van der Waals surface area contributed by atoms with E-state index in [2.05, 4.69) is 5.32 Å². The standard InChI is InChI=1S/C14H19FN2O2/c1-4-11-14(18)17(5-2)13(16-11)9-6-7-12(19-3)10(15)8-9/h6-8,11,13,16H,4-5H2,1-3H3. The van der Waals surface area contributed by atoms with Gasteiger partial charge in [0.15, 0.2) is 11.6 Å². The maximum Gasteiger partial charge on any atom is 0.241 e. The summed E-state index contributed by atoms with van der Waals surface area (Å²) in [5.74, 6) is -0.125. The molecule has 1 aromatic rings. The molecule has 2 rings (SSSR count). The van der Waals surface area contributed by atoms with Crippen LogP contribution in [0.1, 0.15) is 32.0 Å². The van der Waals surface area contributed by atoms with E-state index in [1.807, 2.05) is 13.8 Å². The molecule has 1 aliphatic heterocycles. The Bertz CT molecular complexity index is 479. The lowest BCUT2D eigenvalue weighted by atomic mass is 10.1. The van der Waals surface area contributed by atoms with E-state index in [9.17, 15) is 9.18 Å². The van der Waals surface area contributed by atoms with Gasteiger partial charge in [-0.05, 0) is 31.0 Å². The summed E-state index contributed by atoms with van der Waals surface area (Å²) >= 11 is 0. The van der Waals surface area contributed by atoms with Crippen LogP contribution in [0.25, 0.3) is 0 Å². The van der Waals surface area contributed by atoms with E-state index in [-0.39, 0.29) is 23.9 Å². The highest BCUT2D eigenvalue weighted by Crippen LogP contribution is 2.28. The van der Waals surface area contributed by atoms with Crippen LogP contribution in [-0.2, 0) is 4.79 Å². The molecule has 1 heterocycles. The summed E-state index contributed by atoms with van der Waals surface area (Å²) < 4.78 is 18.7. The third-order valence-electron chi connectivity index (χ3n) is 3.49. The number of carbonyl (C=O) groups is 1. The van der Waals surface area contributed by atoms with Gasteiger partial charge in [0.1, 0.15) is 6.17 Å². The predicted octanol–water partition coefficient (Wildman–Crippen LogP) is 2.06. The number of amides is 1. The van der Waals surface area contributed by atoms with E-state index >= 15 is 0 Å². The molecule has 0 saturated carbocycles. The fourth-order valence-electron chi connectivity index (χ4n) is 2.44. The van der Waals surface area contributed by atoms with E-state index in [0.29, 0.717) is 6.54 Å². The Kier molecular flexibility index (Phi) is 4.04. The van der Waals surface area contributed by atoms with E-state index < -0.39 is 5.82 Å². The highest BCUT2D eigenvalue weighted by molar-refractivity contribution is 5.84. The summed E-state index contributed by atoms with van der Waals surface area (Å²) in [5, 5.41) is 3.24. The summed E-state index contributed by atoms with van der Waals surface area (Å²) in [5.41, 5.74) is 0.740. The highest BCUT2D eigenvalue weighted by Gasteiger charge is 2.37. The Morgan fingerprint density at radius 2 is 2.16 bits per heavy atom. The van der Waals surface area contributed by atoms with Crippen LogP contribution in [0, 0.1) is 5.82 Å². The Labute approximate surface area is 112 Å². The smallest absolute Gasteiger partial charge is 0.241 e. The first-order valence-corrected chi connectivity index (χ1v) is 6.52. The molecular weight excluding hydrogens is 247 g/mol. The lowest BCUT2D eigenvalue weighted by Crippen LogP contribution is -2.30. The normalized spacial score (nSPS) is 22.9. The van der Waals surface area contributed by atoms with Crippen LogP contribution in [0.3, 0.4) is 0 Å². The van der Waals surface area contributed by atoms with E-state index in [4.69, 9.17) is 4.74 Å². The van der Waals surface area contributed by atoms with Gasteiger partial charge in [-0.1, -0.05) is 13.0 Å². The molecule has 2 atom stereocenters. The zero-order valence-electron chi connectivity index (χ0n) is 11.4. The maximum atomic E-state index is 13.8. The van der Waals surface area contributed by atoms with Gasteiger partial charge in [-0.3, -0.25) is 10.1 Å². The van der Waals surface area contributed by atoms with E-state index in [0.717, 1.165) is 12.0 Å². The molecule has 1 amide bonds. The van der Waals surface area contributed by atoms with Gasteiger partial charge in [0.2, 0.25) is 5.91 Å². The van der Waals surface area contributed by atoms with Crippen LogP contribution in [0.15, 0.2) is 18.2 Å². The third kappa shape index (κ3) is 2.42. The third-order valence-corrected chi connectivity index (χ3v) is 3.49. The Hall–Kier alpha value is -1.62. The van der Waals surface area contributed by atoms with Gasteiger partial charge >= 0.3 is 0 Å². The summed E-state index contributed by atoms with van der Waals surface area (Å²) in [4.78, 5) is 13.8. The number of methoxy groups -OCH3 is 1. The molecule has 0 spiro atoms. The fourth-order valence-corrected chi connectivity index (χ4v) is 2.44. The molecule has 0 bridgehead atoms.